The van der Waals surface area contributed by atoms with Gasteiger partial charge in [-0.25, -0.2) is 0 Å². The molecule has 3 rings (SSSR count). The van der Waals surface area contributed by atoms with Gasteiger partial charge in [0.15, 0.2) is 5.75 Å². The monoisotopic (exact) mass is 399 g/mol. The van der Waals surface area contributed by atoms with Crippen LogP contribution in [0.3, 0.4) is 0 Å². The van der Waals surface area contributed by atoms with Crippen molar-refractivity contribution in [2.75, 3.05) is 11.4 Å². The first-order valence-corrected chi connectivity index (χ1v) is 9.75. The van der Waals surface area contributed by atoms with E-state index in [-0.39, 0.29) is 21.6 Å². The Bertz CT molecular complexity index is 944. The Kier molecular flexibility index (Phi) is 4.95. The van der Waals surface area contributed by atoms with Gasteiger partial charge < -0.3 is 9.08 Å². The van der Waals surface area contributed by atoms with Gasteiger partial charge in [-0.2, -0.15) is 8.42 Å². The highest BCUT2D eigenvalue weighted by atomic mass is 35.5. The minimum absolute atomic E-state index is 0.00395. The van der Waals surface area contributed by atoms with Gasteiger partial charge in [0.05, 0.1) is 5.02 Å². The van der Waals surface area contributed by atoms with Crippen molar-refractivity contribution in [3.05, 3.63) is 52.0 Å². The molecule has 2 aromatic rings. The lowest BCUT2D eigenvalue weighted by Crippen LogP contribution is -2.24. The highest BCUT2D eigenvalue weighted by Crippen LogP contribution is 2.32. The molecule has 1 fully saturated rings. The van der Waals surface area contributed by atoms with E-state index in [9.17, 15) is 13.2 Å². The number of hydrogen-bond donors (Lipinski definition) is 0. The Morgan fingerprint density at radius 2 is 1.88 bits per heavy atom. The molecule has 0 radical (unpaired) electrons. The molecule has 0 aromatic heterocycles. The number of aryl methyl sites for hydroxylation is 1. The lowest BCUT2D eigenvalue weighted by Gasteiger charge is -2.17. The fraction of sp³-hybridized carbons (Fsp3) is 0.235. The summed E-state index contributed by atoms with van der Waals surface area (Å²) < 4.78 is 30.3. The average molecular weight is 400 g/mol. The predicted molar refractivity (Wildman–Crippen MR) is 97.0 cm³/mol. The van der Waals surface area contributed by atoms with E-state index in [0.717, 1.165) is 6.42 Å². The molecule has 1 saturated heterocycles. The van der Waals surface area contributed by atoms with Crippen LogP contribution in [-0.4, -0.2) is 20.9 Å². The molecule has 2 aromatic carbocycles. The largest absolute Gasteiger partial charge is 0.377 e. The number of carbonyl (C=O) groups is 1. The molecule has 1 aliphatic rings. The normalized spacial score (nSPS) is 14.8. The Morgan fingerprint density at radius 3 is 2.48 bits per heavy atom. The molecule has 1 aliphatic heterocycles. The summed E-state index contributed by atoms with van der Waals surface area (Å²) in [6.45, 7) is 2.30. The van der Waals surface area contributed by atoms with Gasteiger partial charge in [0, 0.05) is 23.7 Å². The van der Waals surface area contributed by atoms with Crippen molar-refractivity contribution in [3.63, 3.8) is 0 Å². The fourth-order valence-electron chi connectivity index (χ4n) is 2.71. The molecular weight excluding hydrogens is 385 g/mol. The molecule has 0 aliphatic carbocycles. The van der Waals surface area contributed by atoms with Crippen LogP contribution in [0.15, 0.2) is 41.3 Å². The van der Waals surface area contributed by atoms with E-state index >= 15 is 0 Å². The van der Waals surface area contributed by atoms with Crippen LogP contribution in [0.25, 0.3) is 0 Å². The molecule has 5 nitrogen and oxygen atoms in total. The highest BCUT2D eigenvalue weighted by molar-refractivity contribution is 7.87. The van der Waals surface area contributed by atoms with Gasteiger partial charge in [-0.15, -0.1) is 0 Å². The quantitative estimate of drug-likeness (QED) is 0.722. The van der Waals surface area contributed by atoms with E-state index in [0.29, 0.717) is 29.2 Å². The second-order valence-electron chi connectivity index (χ2n) is 5.71. The zero-order valence-electron chi connectivity index (χ0n) is 13.3. The topological polar surface area (TPSA) is 63.7 Å². The average Bonchev–Trinajstić information content (AvgIpc) is 2.96. The van der Waals surface area contributed by atoms with Crippen molar-refractivity contribution >= 4 is 44.9 Å². The van der Waals surface area contributed by atoms with Crippen LogP contribution in [-0.2, 0) is 14.9 Å². The number of rotatable bonds is 4. The molecule has 0 N–H and O–H groups in total. The number of amides is 1. The fourth-order valence-corrected chi connectivity index (χ4v) is 4.36. The van der Waals surface area contributed by atoms with Crippen LogP contribution < -0.4 is 9.08 Å². The van der Waals surface area contributed by atoms with Gasteiger partial charge in [0.25, 0.3) is 0 Å². The summed E-state index contributed by atoms with van der Waals surface area (Å²) in [7, 11) is -4.06. The van der Waals surface area contributed by atoms with Gasteiger partial charge in [-0.05, 0) is 55.3 Å². The van der Waals surface area contributed by atoms with E-state index in [2.05, 4.69) is 0 Å². The number of halogens is 2. The van der Waals surface area contributed by atoms with Crippen LogP contribution >= 0.6 is 23.2 Å². The molecule has 8 heteroatoms. The maximum atomic E-state index is 12.6. The molecule has 0 unspecified atom stereocenters. The standard InChI is InChI=1S/C17H15Cl2NO4S/c1-11-9-13(20-8-2-3-17(20)21)5-7-16(11)25(22,23)24-15-6-4-12(18)10-14(15)19/h4-7,9-10H,2-3,8H2,1H3. The molecular formula is C17H15Cl2NO4S. The minimum Gasteiger partial charge on any atom is -0.377 e. The van der Waals surface area contributed by atoms with Gasteiger partial charge in [-0.1, -0.05) is 23.2 Å². The summed E-state index contributed by atoms with van der Waals surface area (Å²) >= 11 is 11.8. The number of nitrogens with zero attached hydrogens (tertiary/aromatic N) is 1. The number of hydrogen-bond acceptors (Lipinski definition) is 4. The number of carbonyl (C=O) groups excluding carboxylic acids is 1. The minimum atomic E-state index is -4.06. The number of benzene rings is 2. The smallest absolute Gasteiger partial charge is 0.339 e. The molecule has 132 valence electrons. The van der Waals surface area contributed by atoms with E-state index in [1.54, 1.807) is 24.0 Å². The SMILES string of the molecule is Cc1cc(N2CCCC2=O)ccc1S(=O)(=O)Oc1ccc(Cl)cc1Cl. The van der Waals surface area contributed by atoms with E-state index < -0.39 is 10.1 Å². The summed E-state index contributed by atoms with van der Waals surface area (Å²) in [6.07, 6.45) is 1.31. The zero-order valence-corrected chi connectivity index (χ0v) is 15.7. The Morgan fingerprint density at radius 1 is 1.12 bits per heavy atom. The molecule has 25 heavy (non-hydrogen) atoms. The Balaban J connectivity index is 1.90. The van der Waals surface area contributed by atoms with Crippen molar-refractivity contribution in [2.24, 2.45) is 0 Å². The van der Waals surface area contributed by atoms with E-state index in [1.165, 1.54) is 24.3 Å². The van der Waals surface area contributed by atoms with Crippen LogP contribution in [0.4, 0.5) is 5.69 Å². The van der Waals surface area contributed by atoms with Crippen molar-refractivity contribution in [2.45, 2.75) is 24.7 Å². The van der Waals surface area contributed by atoms with Crippen molar-refractivity contribution in [1.29, 1.82) is 0 Å². The third-order valence-corrected chi connectivity index (χ3v) is 5.83. The van der Waals surface area contributed by atoms with E-state index in [4.69, 9.17) is 27.4 Å². The molecule has 0 atom stereocenters. The molecule has 1 heterocycles. The first-order valence-electron chi connectivity index (χ1n) is 7.58. The maximum absolute atomic E-state index is 12.6. The van der Waals surface area contributed by atoms with Gasteiger partial charge >= 0.3 is 10.1 Å². The summed E-state index contributed by atoms with van der Waals surface area (Å²) in [4.78, 5) is 13.5. The van der Waals surface area contributed by atoms with Gasteiger partial charge in [-0.3, -0.25) is 4.79 Å². The van der Waals surface area contributed by atoms with Gasteiger partial charge in [0.1, 0.15) is 4.90 Å². The number of anilines is 1. The summed E-state index contributed by atoms with van der Waals surface area (Å²) in [5.74, 6) is 0.0449. The first kappa shape index (κ1) is 18.0. The predicted octanol–water partition coefficient (Wildman–Crippen LogP) is 4.20. The van der Waals surface area contributed by atoms with Crippen LogP contribution in [0.1, 0.15) is 18.4 Å². The third kappa shape index (κ3) is 3.76. The summed E-state index contributed by atoms with van der Waals surface area (Å²) in [6, 6.07) is 9.01. The van der Waals surface area contributed by atoms with Crippen LogP contribution in [0.5, 0.6) is 5.75 Å². The molecule has 0 saturated carbocycles. The Labute approximate surface area is 156 Å². The lowest BCUT2D eigenvalue weighted by molar-refractivity contribution is -0.117. The van der Waals surface area contributed by atoms with Crippen molar-refractivity contribution in [1.82, 2.24) is 0 Å². The van der Waals surface area contributed by atoms with Gasteiger partial charge in [0.2, 0.25) is 5.91 Å². The lowest BCUT2D eigenvalue weighted by atomic mass is 10.2. The highest BCUT2D eigenvalue weighted by Gasteiger charge is 2.25. The molecule has 0 spiro atoms. The zero-order chi connectivity index (χ0) is 18.2. The molecule has 1 amide bonds. The maximum Gasteiger partial charge on any atom is 0.339 e. The second-order valence-corrected chi connectivity index (χ2v) is 8.07. The van der Waals surface area contributed by atoms with E-state index in [1.807, 2.05) is 0 Å². The summed E-state index contributed by atoms with van der Waals surface area (Å²) in [5, 5.41) is 0.485. The second kappa shape index (κ2) is 6.86. The van der Waals surface area contributed by atoms with Crippen LogP contribution in [0, 0.1) is 6.92 Å². The van der Waals surface area contributed by atoms with Crippen molar-refractivity contribution < 1.29 is 17.4 Å². The van der Waals surface area contributed by atoms with Crippen LogP contribution in [0.2, 0.25) is 10.0 Å². The molecule has 0 bridgehead atoms. The first-order chi connectivity index (χ1) is 11.8. The third-order valence-electron chi connectivity index (χ3n) is 3.91. The Hall–Kier alpha value is -1.76. The summed E-state index contributed by atoms with van der Waals surface area (Å²) in [5.41, 5.74) is 1.17. The van der Waals surface area contributed by atoms with Crippen molar-refractivity contribution in [3.8, 4) is 5.75 Å².